The number of para-hydroxylation sites is 1. The maximum Gasteiger partial charge on any atom is 0.272 e. The summed E-state index contributed by atoms with van der Waals surface area (Å²) in [7, 11) is 0. The predicted molar refractivity (Wildman–Crippen MR) is 133 cm³/mol. The van der Waals surface area contributed by atoms with Crippen LogP contribution in [-0.2, 0) is 0 Å². The molecular formula is C25H16Cl2FN5O2. The smallest absolute Gasteiger partial charge is 0.272 e. The van der Waals surface area contributed by atoms with Gasteiger partial charge in [0.2, 0.25) is 0 Å². The number of benzene rings is 2. The van der Waals surface area contributed by atoms with Crippen molar-refractivity contribution in [3.63, 3.8) is 0 Å². The van der Waals surface area contributed by atoms with Crippen molar-refractivity contribution in [2.75, 3.05) is 0 Å². The van der Waals surface area contributed by atoms with Gasteiger partial charge in [-0.3, -0.25) is 4.79 Å². The van der Waals surface area contributed by atoms with E-state index in [1.165, 1.54) is 24.5 Å². The maximum atomic E-state index is 14.0. The molecule has 0 aliphatic rings. The van der Waals surface area contributed by atoms with Crippen LogP contribution >= 0.6 is 23.2 Å². The maximum absolute atomic E-state index is 14.0. The lowest BCUT2D eigenvalue weighted by Crippen LogP contribution is -2.18. The average molecular weight is 508 g/mol. The first-order chi connectivity index (χ1) is 16.9. The largest absolute Gasteiger partial charge is 0.463 e. The third kappa shape index (κ3) is 4.29. The molecular weight excluding hydrogens is 492 g/mol. The average Bonchev–Trinajstić information content (AvgIpc) is 3.49. The van der Waals surface area contributed by atoms with E-state index >= 15 is 0 Å². The van der Waals surface area contributed by atoms with Crippen LogP contribution in [0.15, 0.2) is 76.4 Å². The van der Waals surface area contributed by atoms with Crippen LogP contribution in [0.4, 0.5) is 4.39 Å². The van der Waals surface area contributed by atoms with E-state index in [0.29, 0.717) is 38.9 Å². The number of hydrazone groups is 1. The quantitative estimate of drug-likeness (QED) is 0.226. The van der Waals surface area contributed by atoms with Gasteiger partial charge in [-0.15, -0.1) is 0 Å². The van der Waals surface area contributed by atoms with Crippen LogP contribution < -0.4 is 5.43 Å². The predicted octanol–water partition coefficient (Wildman–Crippen LogP) is 6.20. The molecule has 3 aromatic heterocycles. The van der Waals surface area contributed by atoms with E-state index in [1.807, 2.05) is 12.1 Å². The fraction of sp³-hybridized carbons (Fsp3) is 0.0400. The molecule has 0 spiro atoms. The fourth-order valence-electron chi connectivity index (χ4n) is 3.66. The Labute approximate surface area is 208 Å². The second kappa shape index (κ2) is 9.32. The van der Waals surface area contributed by atoms with Gasteiger partial charge in [0.05, 0.1) is 44.9 Å². The lowest BCUT2D eigenvalue weighted by atomic mass is 10.1. The number of carbonyl (C=O) groups is 1. The number of fused-ring (bicyclic) bond motifs is 1. The van der Waals surface area contributed by atoms with Crippen molar-refractivity contribution < 1.29 is 13.6 Å². The van der Waals surface area contributed by atoms with E-state index in [0.717, 1.165) is 6.21 Å². The zero-order valence-electron chi connectivity index (χ0n) is 18.2. The molecule has 0 aliphatic carbocycles. The van der Waals surface area contributed by atoms with E-state index in [2.05, 4.69) is 15.6 Å². The molecule has 2 aromatic carbocycles. The Balaban J connectivity index is 1.62. The number of hydrogen-bond donors (Lipinski definition) is 1. The number of hydrogen-bond acceptors (Lipinski definition) is 5. The molecule has 0 radical (unpaired) electrons. The van der Waals surface area contributed by atoms with Gasteiger partial charge in [0.15, 0.2) is 11.4 Å². The van der Waals surface area contributed by atoms with E-state index in [9.17, 15) is 9.18 Å². The van der Waals surface area contributed by atoms with Crippen LogP contribution in [0.2, 0.25) is 10.0 Å². The second-order valence-corrected chi connectivity index (χ2v) is 8.33. The number of nitrogens with zero attached hydrogens (tertiary/aromatic N) is 4. The van der Waals surface area contributed by atoms with Gasteiger partial charge < -0.3 is 4.42 Å². The molecule has 1 amide bonds. The summed E-state index contributed by atoms with van der Waals surface area (Å²) in [5.41, 5.74) is 4.76. The highest BCUT2D eigenvalue weighted by atomic mass is 35.5. The number of amides is 1. The topological polar surface area (TPSA) is 85.3 Å². The number of aryl methyl sites for hydroxylation is 1. The zero-order valence-corrected chi connectivity index (χ0v) is 19.7. The summed E-state index contributed by atoms with van der Waals surface area (Å²) in [4.78, 5) is 17.9. The summed E-state index contributed by atoms with van der Waals surface area (Å²) in [6, 6.07) is 16.5. The van der Waals surface area contributed by atoms with Crippen LogP contribution in [0, 0.1) is 12.7 Å². The molecule has 1 N–H and O–H groups in total. The Bertz CT molecular complexity index is 1580. The minimum absolute atomic E-state index is 0.0633. The molecule has 0 fully saturated rings. The molecule has 0 unspecified atom stereocenters. The second-order valence-electron chi connectivity index (χ2n) is 7.51. The first-order valence-electron chi connectivity index (χ1n) is 10.4. The molecule has 5 rings (SSSR count). The van der Waals surface area contributed by atoms with Gasteiger partial charge in [-0.25, -0.2) is 19.5 Å². The van der Waals surface area contributed by atoms with Crippen LogP contribution in [-0.4, -0.2) is 26.9 Å². The van der Waals surface area contributed by atoms with Gasteiger partial charge in [-0.05, 0) is 49.4 Å². The van der Waals surface area contributed by atoms with E-state index in [4.69, 9.17) is 32.6 Å². The van der Waals surface area contributed by atoms with Crippen LogP contribution in [0.5, 0.6) is 0 Å². The molecule has 0 atom stereocenters. The Kier molecular flexibility index (Phi) is 6.07. The Morgan fingerprint density at radius 2 is 1.91 bits per heavy atom. The summed E-state index contributed by atoms with van der Waals surface area (Å²) in [5.74, 6) is -0.637. The van der Waals surface area contributed by atoms with Crippen LogP contribution in [0.3, 0.4) is 0 Å². The third-order valence-electron chi connectivity index (χ3n) is 5.27. The first-order valence-corrected chi connectivity index (χ1v) is 11.2. The van der Waals surface area contributed by atoms with Crippen LogP contribution in [0.1, 0.15) is 21.6 Å². The Hall–Kier alpha value is -4.01. The highest BCUT2D eigenvalue weighted by Gasteiger charge is 2.22. The molecule has 174 valence electrons. The van der Waals surface area contributed by atoms with Gasteiger partial charge in [-0.2, -0.15) is 10.2 Å². The van der Waals surface area contributed by atoms with Crippen molar-refractivity contribution in [1.82, 2.24) is 20.2 Å². The SMILES string of the molecule is Cc1nn(-c2ccccc2Cl)c2nc(-c3ccco3)cc(C(=O)N/N=C\c3c(F)cccc3Cl)c12. The number of nitrogens with one attached hydrogen (secondary N) is 1. The zero-order chi connectivity index (χ0) is 24.5. The number of furan rings is 1. The van der Waals surface area contributed by atoms with Crippen molar-refractivity contribution in [1.29, 1.82) is 0 Å². The molecule has 0 saturated carbocycles. The van der Waals surface area contributed by atoms with Crippen LogP contribution in [0.25, 0.3) is 28.2 Å². The summed E-state index contributed by atoms with van der Waals surface area (Å²) in [5, 5.41) is 9.65. The molecule has 10 heteroatoms. The molecule has 0 bridgehead atoms. The van der Waals surface area contributed by atoms with E-state index < -0.39 is 11.7 Å². The molecule has 0 aliphatic heterocycles. The third-order valence-corrected chi connectivity index (χ3v) is 5.92. The number of halogens is 3. The minimum Gasteiger partial charge on any atom is -0.463 e. The van der Waals surface area contributed by atoms with Gasteiger partial charge in [0.1, 0.15) is 11.5 Å². The molecule has 5 aromatic rings. The Morgan fingerprint density at radius 1 is 1.11 bits per heavy atom. The number of rotatable bonds is 5. The summed E-state index contributed by atoms with van der Waals surface area (Å²) in [6.45, 7) is 1.77. The summed E-state index contributed by atoms with van der Waals surface area (Å²) in [6.07, 6.45) is 2.67. The lowest BCUT2D eigenvalue weighted by molar-refractivity contribution is 0.0956. The number of carbonyl (C=O) groups excluding carboxylic acids is 1. The van der Waals surface area contributed by atoms with Gasteiger partial charge in [0, 0.05) is 5.56 Å². The molecule has 35 heavy (non-hydrogen) atoms. The van der Waals surface area contributed by atoms with Crippen molar-refractivity contribution in [3.05, 3.63) is 99.6 Å². The first kappa shape index (κ1) is 22.8. The van der Waals surface area contributed by atoms with Gasteiger partial charge in [-0.1, -0.05) is 41.4 Å². The summed E-state index contributed by atoms with van der Waals surface area (Å²) < 4.78 is 21.1. The van der Waals surface area contributed by atoms with Crippen molar-refractivity contribution in [2.45, 2.75) is 6.92 Å². The Morgan fingerprint density at radius 3 is 2.66 bits per heavy atom. The summed E-state index contributed by atoms with van der Waals surface area (Å²) >= 11 is 12.4. The minimum atomic E-state index is -0.557. The van der Waals surface area contributed by atoms with E-state index in [-0.39, 0.29) is 16.1 Å². The van der Waals surface area contributed by atoms with E-state index in [1.54, 1.807) is 41.9 Å². The number of aromatic nitrogens is 3. The van der Waals surface area contributed by atoms with Crippen molar-refractivity contribution >= 4 is 46.4 Å². The monoisotopic (exact) mass is 507 g/mol. The molecule has 0 saturated heterocycles. The lowest BCUT2D eigenvalue weighted by Gasteiger charge is -2.08. The molecule has 7 nitrogen and oxygen atoms in total. The van der Waals surface area contributed by atoms with Gasteiger partial charge in [0.25, 0.3) is 5.91 Å². The normalized spacial score (nSPS) is 11.4. The number of pyridine rings is 1. The van der Waals surface area contributed by atoms with Crippen molar-refractivity contribution in [3.8, 4) is 17.1 Å². The molecule has 3 heterocycles. The standard InChI is InChI=1S/C25H16Cl2FN5O2/c1-14-23-15(25(34)31-29-13-16-17(26)7-4-8-19(16)28)12-20(22-10-5-11-35-22)30-24(23)33(32-14)21-9-3-2-6-18(21)27/h2-13H,1H3,(H,31,34)/b29-13-. The highest BCUT2D eigenvalue weighted by Crippen LogP contribution is 2.31. The van der Waals surface area contributed by atoms with Crippen molar-refractivity contribution in [2.24, 2.45) is 5.10 Å². The van der Waals surface area contributed by atoms with Gasteiger partial charge >= 0.3 is 0 Å². The fourth-order valence-corrected chi connectivity index (χ4v) is 4.09. The highest BCUT2D eigenvalue weighted by molar-refractivity contribution is 6.33.